The lowest BCUT2D eigenvalue weighted by molar-refractivity contribution is -0.144. The average molecular weight is 617 g/mol. The molecule has 234 valence electrons. The molecule has 2 aromatic carbocycles. The third-order valence-electron chi connectivity index (χ3n) is 10.8. The van der Waals surface area contributed by atoms with Crippen LogP contribution in [0.15, 0.2) is 48.7 Å². The number of carboxylic acid groups (broad SMARTS) is 1. The second-order valence-corrected chi connectivity index (χ2v) is 14.1. The van der Waals surface area contributed by atoms with Crippen molar-refractivity contribution in [2.45, 2.75) is 95.4 Å². The van der Waals surface area contributed by atoms with Gasteiger partial charge in [-0.2, -0.15) is 0 Å². The molecular weight excluding hydrogens is 572 g/mol. The Morgan fingerprint density at radius 2 is 1.95 bits per heavy atom. The van der Waals surface area contributed by atoms with E-state index in [1.54, 1.807) is 19.2 Å². The van der Waals surface area contributed by atoms with Crippen molar-refractivity contribution >= 4 is 23.3 Å². The quantitative estimate of drug-likeness (QED) is 0.251. The van der Waals surface area contributed by atoms with Gasteiger partial charge in [-0.25, -0.2) is 4.79 Å². The van der Waals surface area contributed by atoms with Gasteiger partial charge in [-0.3, -0.25) is 4.98 Å². The van der Waals surface area contributed by atoms with Gasteiger partial charge in [0.1, 0.15) is 17.0 Å². The summed E-state index contributed by atoms with van der Waals surface area (Å²) >= 11 is 6.25. The van der Waals surface area contributed by atoms with Crippen molar-refractivity contribution in [1.29, 1.82) is 0 Å². The first kappa shape index (κ1) is 30.8. The second kappa shape index (κ2) is 12.3. The van der Waals surface area contributed by atoms with Crippen LogP contribution in [0.2, 0.25) is 5.02 Å². The van der Waals surface area contributed by atoms with E-state index < -0.39 is 11.5 Å². The fourth-order valence-corrected chi connectivity index (χ4v) is 8.67. The fourth-order valence-electron chi connectivity index (χ4n) is 8.48. The molecule has 1 spiro atoms. The molecule has 6 nitrogen and oxygen atoms in total. The number of pyridine rings is 1. The van der Waals surface area contributed by atoms with Gasteiger partial charge >= 0.3 is 5.97 Å². The molecule has 0 saturated heterocycles. The molecule has 1 saturated carbocycles. The summed E-state index contributed by atoms with van der Waals surface area (Å²) in [5.74, 6) is 2.30. The molecule has 0 amide bonds. The zero-order valence-corrected chi connectivity index (χ0v) is 27.2. The van der Waals surface area contributed by atoms with Gasteiger partial charge in [-0.05, 0) is 135 Å². The smallest absolute Gasteiger partial charge is 0.329 e. The number of aliphatic carboxylic acids is 1. The molecule has 3 aliphatic carbocycles. The number of carboxylic acids is 1. The number of methoxy groups -OCH3 is 1. The van der Waals surface area contributed by atoms with Crippen molar-refractivity contribution in [3.05, 3.63) is 81.6 Å². The van der Waals surface area contributed by atoms with Crippen LogP contribution < -0.4 is 14.8 Å². The molecule has 1 heterocycles. The number of hydrogen-bond acceptors (Lipinski definition) is 5. The number of hydrogen-bond donors (Lipinski definition) is 2. The van der Waals surface area contributed by atoms with Gasteiger partial charge in [0.05, 0.1) is 13.7 Å². The minimum Gasteiger partial charge on any atom is -0.496 e. The molecule has 2 N–H and O–H groups in total. The zero-order valence-electron chi connectivity index (χ0n) is 26.4. The maximum atomic E-state index is 12.8. The molecule has 6 rings (SSSR count). The van der Waals surface area contributed by atoms with Crippen molar-refractivity contribution < 1.29 is 19.4 Å². The number of benzene rings is 2. The molecule has 3 atom stereocenters. The van der Waals surface area contributed by atoms with E-state index in [9.17, 15) is 9.90 Å². The van der Waals surface area contributed by atoms with E-state index >= 15 is 0 Å². The number of nitrogens with zero attached hydrogens (tertiary/aromatic N) is 1. The zero-order chi connectivity index (χ0) is 31.1. The molecule has 0 radical (unpaired) electrons. The van der Waals surface area contributed by atoms with Crippen LogP contribution in [-0.2, 0) is 23.1 Å². The Kier molecular flexibility index (Phi) is 8.58. The Labute approximate surface area is 266 Å². The summed E-state index contributed by atoms with van der Waals surface area (Å²) in [4.78, 5) is 17.5. The second-order valence-electron chi connectivity index (χ2n) is 13.7. The van der Waals surface area contributed by atoms with Crippen molar-refractivity contribution in [3.63, 3.8) is 0 Å². The number of nitrogens with one attached hydrogen (secondary N) is 1. The normalized spacial score (nSPS) is 26.5. The lowest BCUT2D eigenvalue weighted by Crippen LogP contribution is -2.53. The van der Waals surface area contributed by atoms with E-state index in [0.717, 1.165) is 54.9 Å². The van der Waals surface area contributed by atoms with E-state index in [-0.39, 0.29) is 5.41 Å². The molecule has 0 unspecified atom stereocenters. The van der Waals surface area contributed by atoms with Crippen molar-refractivity contribution in [1.82, 2.24) is 4.98 Å². The van der Waals surface area contributed by atoms with E-state index in [0.29, 0.717) is 42.2 Å². The van der Waals surface area contributed by atoms with E-state index in [1.165, 1.54) is 35.2 Å². The van der Waals surface area contributed by atoms with Crippen molar-refractivity contribution in [3.8, 4) is 11.5 Å². The van der Waals surface area contributed by atoms with Crippen LogP contribution in [-0.4, -0.2) is 35.3 Å². The van der Waals surface area contributed by atoms with Gasteiger partial charge in [0, 0.05) is 28.2 Å². The highest BCUT2D eigenvalue weighted by molar-refractivity contribution is 6.30. The van der Waals surface area contributed by atoms with Crippen LogP contribution in [0.1, 0.15) is 92.7 Å². The van der Waals surface area contributed by atoms with Crippen LogP contribution >= 0.6 is 11.6 Å². The summed E-state index contributed by atoms with van der Waals surface area (Å²) in [6, 6.07) is 13.9. The number of ether oxygens (including phenoxy) is 2. The molecule has 0 bridgehead atoms. The van der Waals surface area contributed by atoms with Gasteiger partial charge in [-0.1, -0.05) is 37.6 Å². The van der Waals surface area contributed by atoms with Crippen LogP contribution in [0.4, 0.5) is 5.69 Å². The van der Waals surface area contributed by atoms with E-state index in [2.05, 4.69) is 43.2 Å². The minimum atomic E-state index is -1.04. The summed E-state index contributed by atoms with van der Waals surface area (Å²) in [5.41, 5.74) is 5.96. The molecule has 0 aliphatic heterocycles. The number of carbonyl (C=O) groups is 1. The Morgan fingerprint density at radius 1 is 1.16 bits per heavy atom. The molecular formula is C37H45ClN2O4. The Bertz CT molecular complexity index is 1530. The van der Waals surface area contributed by atoms with E-state index in [1.807, 2.05) is 24.4 Å². The molecule has 7 heteroatoms. The summed E-state index contributed by atoms with van der Waals surface area (Å²) in [7, 11) is 1.73. The topological polar surface area (TPSA) is 80.7 Å². The monoisotopic (exact) mass is 616 g/mol. The summed E-state index contributed by atoms with van der Waals surface area (Å²) in [5, 5.41) is 14.5. The average Bonchev–Trinajstić information content (AvgIpc) is 3.27. The molecule has 3 aliphatic rings. The predicted molar refractivity (Wildman–Crippen MR) is 175 cm³/mol. The third kappa shape index (κ3) is 5.66. The number of halogens is 1. The molecule has 3 aromatic rings. The number of aryl methyl sites for hydroxylation is 2. The van der Waals surface area contributed by atoms with Gasteiger partial charge in [0.2, 0.25) is 0 Å². The summed E-state index contributed by atoms with van der Waals surface area (Å²) in [6.45, 7) is 7.35. The highest BCUT2D eigenvalue weighted by Gasteiger charge is 2.54. The van der Waals surface area contributed by atoms with Crippen LogP contribution in [0.25, 0.3) is 0 Å². The van der Waals surface area contributed by atoms with Gasteiger partial charge in [-0.15, -0.1) is 0 Å². The number of rotatable bonds is 9. The highest BCUT2D eigenvalue weighted by atomic mass is 35.5. The predicted octanol–water partition coefficient (Wildman–Crippen LogP) is 8.52. The largest absolute Gasteiger partial charge is 0.496 e. The van der Waals surface area contributed by atoms with Crippen LogP contribution in [0.5, 0.6) is 11.5 Å². The SMILES string of the molecule is COc1cc2c(cc1C)C[C@H](C[C@@H](C)COc1ccnc3c1[C@H](C)CCC3)C21CCC(Nc2cccc(Cl)c2)(C(=O)O)CC1. The first-order valence-corrected chi connectivity index (χ1v) is 16.6. The maximum Gasteiger partial charge on any atom is 0.329 e. The first-order chi connectivity index (χ1) is 21.1. The summed E-state index contributed by atoms with van der Waals surface area (Å²) in [6.07, 6.45) is 9.95. The molecule has 1 aromatic heterocycles. The number of aromatic nitrogens is 1. The lowest BCUT2D eigenvalue weighted by Gasteiger charge is -2.47. The molecule has 1 fully saturated rings. The van der Waals surface area contributed by atoms with Gasteiger partial charge < -0.3 is 19.9 Å². The third-order valence-corrected chi connectivity index (χ3v) is 11.0. The summed E-state index contributed by atoms with van der Waals surface area (Å²) < 4.78 is 12.3. The Morgan fingerprint density at radius 3 is 2.68 bits per heavy atom. The first-order valence-electron chi connectivity index (χ1n) is 16.2. The molecule has 44 heavy (non-hydrogen) atoms. The van der Waals surface area contributed by atoms with Crippen molar-refractivity contribution in [2.75, 3.05) is 19.0 Å². The van der Waals surface area contributed by atoms with Crippen molar-refractivity contribution in [2.24, 2.45) is 11.8 Å². The van der Waals surface area contributed by atoms with Crippen LogP contribution in [0, 0.1) is 18.8 Å². The lowest BCUT2D eigenvalue weighted by atomic mass is 9.59. The van der Waals surface area contributed by atoms with Crippen LogP contribution in [0.3, 0.4) is 0 Å². The van der Waals surface area contributed by atoms with E-state index in [4.69, 9.17) is 21.1 Å². The Hall–Kier alpha value is -3.25. The maximum absolute atomic E-state index is 12.8. The number of anilines is 1. The highest BCUT2D eigenvalue weighted by Crippen LogP contribution is 2.57. The fraction of sp³-hybridized carbons (Fsp3) is 0.514. The minimum absolute atomic E-state index is 0.107. The van der Waals surface area contributed by atoms with Gasteiger partial charge in [0.15, 0.2) is 0 Å². The standard InChI is InChI=1S/C37H45ClN2O4/c1-23(22-44-32-11-16-39-31-10-5-7-24(2)34(31)32)17-27-19-26-18-25(3)33(43-4)21-30(26)36(27)12-14-37(15-13-36,35(41)42)40-29-9-6-8-28(38)20-29/h6,8-9,11,16,18,20-21,23-24,27,40H,5,7,10,12-15,17,19,22H2,1-4H3,(H,41,42)/t23-,24-,27+,36?,37?/m1/s1. The van der Waals surface area contributed by atoms with Gasteiger partial charge in [0.25, 0.3) is 0 Å². The Balaban J connectivity index is 1.24. The number of fused-ring (bicyclic) bond motifs is 3.